The molecule has 2 amide bonds. The van der Waals surface area contributed by atoms with E-state index < -0.39 is 6.09 Å². The fraction of sp³-hybridized carbons (Fsp3) is 0.368. The summed E-state index contributed by atoms with van der Waals surface area (Å²) >= 11 is 12.5. The van der Waals surface area contributed by atoms with Gasteiger partial charge in [-0.05, 0) is 25.8 Å². The number of carbonyl (C=O) groups is 2. The molecule has 11 heteroatoms. The average Bonchev–Trinajstić information content (AvgIpc) is 2.69. The van der Waals surface area contributed by atoms with Crippen LogP contribution in [-0.4, -0.2) is 46.2 Å². The molecule has 1 fully saturated rings. The number of anilines is 2. The summed E-state index contributed by atoms with van der Waals surface area (Å²) in [5.74, 6) is 0.503. The van der Waals surface area contributed by atoms with E-state index in [2.05, 4.69) is 20.6 Å². The van der Waals surface area contributed by atoms with E-state index in [0.29, 0.717) is 41.6 Å². The topological polar surface area (TPSA) is 133 Å². The molecule has 1 aliphatic rings. The second-order valence-corrected chi connectivity index (χ2v) is 8.15. The zero-order valence-corrected chi connectivity index (χ0v) is 17.8. The number of hydrogen-bond donors (Lipinski definition) is 4. The molecule has 1 aliphatic heterocycles. The van der Waals surface area contributed by atoms with E-state index >= 15 is 0 Å². The van der Waals surface area contributed by atoms with Gasteiger partial charge in [-0.1, -0.05) is 35.3 Å². The molecule has 0 aliphatic carbocycles. The SMILES string of the molecule is CC1(N)CCN(c2nc(NC(=O)O)c(-c3cccc(Cl)c3Cl)nc2CNC=O)CC1. The molecule has 3 rings (SSSR count). The summed E-state index contributed by atoms with van der Waals surface area (Å²) in [5.41, 5.74) is 7.07. The summed E-state index contributed by atoms with van der Waals surface area (Å²) in [7, 11) is 0. The number of rotatable bonds is 6. The van der Waals surface area contributed by atoms with Crippen LogP contribution in [0.15, 0.2) is 18.2 Å². The van der Waals surface area contributed by atoms with E-state index in [0.717, 1.165) is 12.8 Å². The van der Waals surface area contributed by atoms with Gasteiger partial charge in [-0.25, -0.2) is 14.8 Å². The summed E-state index contributed by atoms with van der Waals surface area (Å²) < 4.78 is 0. The molecule has 0 radical (unpaired) electrons. The number of carbonyl (C=O) groups excluding carboxylic acids is 1. The zero-order chi connectivity index (χ0) is 21.9. The average molecular weight is 453 g/mol. The van der Waals surface area contributed by atoms with E-state index in [1.165, 1.54) is 0 Å². The Morgan fingerprint density at radius 2 is 2.03 bits per heavy atom. The Morgan fingerprint density at radius 1 is 1.33 bits per heavy atom. The maximum atomic E-state index is 11.4. The molecule has 1 aromatic carbocycles. The van der Waals surface area contributed by atoms with Crippen LogP contribution < -0.4 is 21.3 Å². The van der Waals surface area contributed by atoms with Crippen molar-refractivity contribution in [2.75, 3.05) is 23.3 Å². The van der Waals surface area contributed by atoms with Gasteiger partial charge in [-0.2, -0.15) is 0 Å². The van der Waals surface area contributed by atoms with E-state index in [9.17, 15) is 14.7 Å². The first kappa shape index (κ1) is 22.1. The fourth-order valence-corrected chi connectivity index (χ4v) is 3.65. The molecule has 0 atom stereocenters. The third-order valence-electron chi connectivity index (χ3n) is 4.94. The molecule has 160 valence electrons. The van der Waals surface area contributed by atoms with Crippen LogP contribution in [0.2, 0.25) is 10.0 Å². The Kier molecular flexibility index (Phi) is 6.64. The van der Waals surface area contributed by atoms with Crippen LogP contribution in [0.25, 0.3) is 11.3 Å². The van der Waals surface area contributed by atoms with Gasteiger partial charge in [0.15, 0.2) is 11.6 Å². The minimum Gasteiger partial charge on any atom is -0.465 e. The van der Waals surface area contributed by atoms with Gasteiger partial charge >= 0.3 is 6.09 Å². The molecule has 2 aromatic rings. The number of piperidine rings is 1. The van der Waals surface area contributed by atoms with Gasteiger partial charge in [0.1, 0.15) is 11.4 Å². The molecular weight excluding hydrogens is 431 g/mol. The van der Waals surface area contributed by atoms with Gasteiger partial charge in [0.2, 0.25) is 6.41 Å². The van der Waals surface area contributed by atoms with Crippen molar-refractivity contribution >= 4 is 47.3 Å². The predicted octanol–water partition coefficient (Wildman–Crippen LogP) is 3.10. The molecule has 0 saturated carbocycles. The maximum absolute atomic E-state index is 11.4. The van der Waals surface area contributed by atoms with Gasteiger partial charge in [0.25, 0.3) is 0 Å². The highest BCUT2D eigenvalue weighted by Gasteiger charge is 2.29. The number of carboxylic acid groups (broad SMARTS) is 1. The summed E-state index contributed by atoms with van der Waals surface area (Å²) in [6.07, 6.45) is 0.743. The Labute approximate surface area is 183 Å². The van der Waals surface area contributed by atoms with Crippen LogP contribution in [0.4, 0.5) is 16.4 Å². The highest BCUT2D eigenvalue weighted by atomic mass is 35.5. The van der Waals surface area contributed by atoms with Crippen molar-refractivity contribution in [2.45, 2.75) is 31.8 Å². The number of hydrogen-bond acceptors (Lipinski definition) is 6. The van der Waals surface area contributed by atoms with Crippen LogP contribution in [0.3, 0.4) is 0 Å². The van der Waals surface area contributed by atoms with E-state index in [1.54, 1.807) is 18.2 Å². The van der Waals surface area contributed by atoms with Gasteiger partial charge in [0, 0.05) is 24.2 Å². The van der Waals surface area contributed by atoms with Gasteiger partial charge in [-0.15, -0.1) is 0 Å². The molecular formula is C19H22Cl2N6O3. The van der Waals surface area contributed by atoms with E-state index in [4.69, 9.17) is 28.9 Å². The molecule has 30 heavy (non-hydrogen) atoms. The Balaban J connectivity index is 2.14. The van der Waals surface area contributed by atoms with Crippen LogP contribution in [0.5, 0.6) is 0 Å². The molecule has 1 saturated heterocycles. The first-order chi connectivity index (χ1) is 14.2. The molecule has 9 nitrogen and oxygen atoms in total. The number of nitrogens with one attached hydrogen (secondary N) is 2. The monoisotopic (exact) mass is 452 g/mol. The van der Waals surface area contributed by atoms with Crippen molar-refractivity contribution in [3.63, 3.8) is 0 Å². The summed E-state index contributed by atoms with van der Waals surface area (Å²) in [6, 6.07) is 4.97. The van der Waals surface area contributed by atoms with E-state index in [1.807, 2.05) is 11.8 Å². The van der Waals surface area contributed by atoms with Crippen molar-refractivity contribution in [3.8, 4) is 11.3 Å². The summed E-state index contributed by atoms with van der Waals surface area (Å²) in [5, 5.41) is 14.7. The number of aromatic nitrogens is 2. The first-order valence-corrected chi connectivity index (χ1v) is 10.0. The third kappa shape index (κ3) is 4.92. The van der Waals surface area contributed by atoms with Crippen LogP contribution in [0, 0.1) is 0 Å². The maximum Gasteiger partial charge on any atom is 0.410 e. The second-order valence-electron chi connectivity index (χ2n) is 7.36. The number of nitrogens with two attached hydrogens (primary N) is 1. The third-order valence-corrected chi connectivity index (χ3v) is 5.76. The number of nitrogens with zero attached hydrogens (tertiary/aromatic N) is 3. The van der Waals surface area contributed by atoms with Crippen molar-refractivity contribution < 1.29 is 14.7 Å². The Morgan fingerprint density at radius 3 is 2.67 bits per heavy atom. The minimum atomic E-state index is -1.29. The number of halogens is 2. The highest BCUT2D eigenvalue weighted by molar-refractivity contribution is 6.43. The lowest BCUT2D eigenvalue weighted by molar-refractivity contribution is -0.109. The van der Waals surface area contributed by atoms with Crippen molar-refractivity contribution in [1.82, 2.24) is 15.3 Å². The van der Waals surface area contributed by atoms with Crippen molar-refractivity contribution in [3.05, 3.63) is 33.9 Å². The number of benzene rings is 1. The minimum absolute atomic E-state index is 0.0256. The molecule has 0 unspecified atom stereocenters. The van der Waals surface area contributed by atoms with Crippen molar-refractivity contribution in [2.24, 2.45) is 5.73 Å². The fourth-order valence-electron chi connectivity index (χ4n) is 3.26. The largest absolute Gasteiger partial charge is 0.465 e. The second kappa shape index (κ2) is 9.03. The quantitative estimate of drug-likeness (QED) is 0.494. The first-order valence-electron chi connectivity index (χ1n) is 9.28. The van der Waals surface area contributed by atoms with Crippen LogP contribution >= 0.6 is 23.2 Å². The van der Waals surface area contributed by atoms with Crippen LogP contribution in [0.1, 0.15) is 25.5 Å². The van der Waals surface area contributed by atoms with Gasteiger partial charge in [-0.3, -0.25) is 10.1 Å². The highest BCUT2D eigenvalue weighted by Crippen LogP contribution is 2.37. The lowest BCUT2D eigenvalue weighted by Crippen LogP contribution is -2.48. The van der Waals surface area contributed by atoms with Crippen molar-refractivity contribution in [1.29, 1.82) is 0 Å². The predicted molar refractivity (Wildman–Crippen MR) is 116 cm³/mol. The van der Waals surface area contributed by atoms with Gasteiger partial charge < -0.3 is 21.1 Å². The van der Waals surface area contributed by atoms with Gasteiger partial charge in [0.05, 0.1) is 16.6 Å². The zero-order valence-electron chi connectivity index (χ0n) is 16.3. The smallest absolute Gasteiger partial charge is 0.410 e. The number of amides is 2. The molecule has 5 N–H and O–H groups in total. The van der Waals surface area contributed by atoms with E-state index in [-0.39, 0.29) is 28.6 Å². The molecule has 1 aromatic heterocycles. The molecule has 2 heterocycles. The lowest BCUT2D eigenvalue weighted by atomic mass is 9.91. The Hall–Kier alpha value is -2.62. The van der Waals surface area contributed by atoms with Crippen LogP contribution in [-0.2, 0) is 11.3 Å². The summed E-state index contributed by atoms with van der Waals surface area (Å²) in [4.78, 5) is 33.5. The molecule has 0 bridgehead atoms. The standard InChI is InChI=1S/C19H22Cl2N6O3/c1-19(22)5-7-27(8-6-19)17-13(9-23-10-28)24-15(16(25-17)26-18(29)30)11-3-2-4-12(20)14(11)21/h2-4,10H,5-9,22H2,1H3,(H,23,28)(H,25,26)(H,29,30). The summed E-state index contributed by atoms with van der Waals surface area (Å²) in [6.45, 7) is 3.35. The molecule has 0 spiro atoms. The lowest BCUT2D eigenvalue weighted by Gasteiger charge is -2.38. The Bertz CT molecular complexity index is 960. The normalized spacial score (nSPS) is 15.5.